The maximum absolute atomic E-state index is 5.21. The van der Waals surface area contributed by atoms with Crippen LogP contribution in [0.25, 0.3) is 67.0 Å². The molecule has 0 unspecified atom stereocenters. The summed E-state index contributed by atoms with van der Waals surface area (Å²) in [6, 6.07) is 56.7. The third-order valence-corrected chi connectivity index (χ3v) is 9.67. The summed E-state index contributed by atoms with van der Waals surface area (Å²) in [7, 11) is 0. The zero-order valence-corrected chi connectivity index (χ0v) is 26.8. The zero-order valence-electron chi connectivity index (χ0n) is 26.8. The van der Waals surface area contributed by atoms with Crippen LogP contribution in [0, 0.1) is 10.4 Å². The number of fused-ring (bicyclic) bond motifs is 6. The van der Waals surface area contributed by atoms with Crippen molar-refractivity contribution in [3.05, 3.63) is 185 Å². The van der Waals surface area contributed by atoms with Crippen molar-refractivity contribution in [2.24, 2.45) is 9.98 Å². The van der Waals surface area contributed by atoms with Crippen molar-refractivity contribution < 1.29 is 0 Å². The van der Waals surface area contributed by atoms with Gasteiger partial charge in [0.25, 0.3) is 0 Å². The molecule has 0 aliphatic carbocycles. The average molecular weight is 638 g/mol. The summed E-state index contributed by atoms with van der Waals surface area (Å²) in [6.45, 7) is 0. The van der Waals surface area contributed by atoms with Crippen molar-refractivity contribution in [1.29, 1.82) is 0 Å². The van der Waals surface area contributed by atoms with Crippen LogP contribution in [-0.2, 0) is 0 Å². The highest BCUT2D eigenvalue weighted by atomic mass is 15.3. The topological polar surface area (TPSA) is 63.4 Å². The molecule has 0 spiro atoms. The number of benzene rings is 7. The molecule has 0 amide bonds. The Bertz CT molecular complexity index is 2850. The van der Waals surface area contributed by atoms with E-state index in [1.807, 2.05) is 36.4 Å². The molecule has 50 heavy (non-hydrogen) atoms. The third kappa shape index (κ3) is 4.37. The van der Waals surface area contributed by atoms with Crippen molar-refractivity contribution in [3.63, 3.8) is 0 Å². The van der Waals surface area contributed by atoms with Crippen molar-refractivity contribution in [1.82, 2.24) is 15.4 Å². The molecule has 0 atom stereocenters. The average Bonchev–Trinajstić information content (AvgIpc) is 3.77. The van der Waals surface area contributed by atoms with Gasteiger partial charge < -0.3 is 0 Å². The predicted octanol–water partition coefficient (Wildman–Crippen LogP) is 9.69. The largest absolute Gasteiger partial charge is 0.248 e. The molecule has 0 N–H and O–H groups in total. The number of nitrogens with zero attached hydrogens (tertiary/aromatic N) is 5. The highest BCUT2D eigenvalue weighted by Gasteiger charge is 2.30. The Morgan fingerprint density at radius 3 is 1.70 bits per heavy atom. The highest BCUT2D eigenvalue weighted by molar-refractivity contribution is 6.07. The van der Waals surface area contributed by atoms with Crippen LogP contribution in [-0.4, -0.2) is 15.4 Å². The van der Waals surface area contributed by atoms with Gasteiger partial charge in [-0.05, 0) is 57.3 Å². The van der Waals surface area contributed by atoms with Crippen molar-refractivity contribution in [2.45, 2.75) is 0 Å². The number of para-hydroxylation sites is 1. The first-order valence-corrected chi connectivity index (χ1v) is 16.7. The van der Waals surface area contributed by atoms with Gasteiger partial charge in [-0.2, -0.15) is 0 Å². The fraction of sp³-hybridized carbons (Fsp3) is 0. The molecule has 7 aromatic carbocycles. The highest BCUT2D eigenvalue weighted by Crippen LogP contribution is 2.52. The van der Waals surface area contributed by atoms with Gasteiger partial charge in [0, 0.05) is 38.3 Å². The summed E-state index contributed by atoms with van der Waals surface area (Å²) in [6.07, 6.45) is 0. The molecular formula is C45H27N5. The van der Waals surface area contributed by atoms with Crippen LogP contribution in [0.1, 0.15) is 0 Å². The Balaban J connectivity index is 1.36. The summed E-state index contributed by atoms with van der Waals surface area (Å²) in [4.78, 5) is 10.4. The summed E-state index contributed by atoms with van der Waals surface area (Å²) in [5.74, 6) is 0. The molecule has 3 heterocycles. The molecule has 0 saturated carbocycles. The quantitative estimate of drug-likeness (QED) is 0.189. The number of hydrogen-bond acceptors (Lipinski definition) is 5. The molecule has 5 nitrogen and oxygen atoms in total. The second kappa shape index (κ2) is 11.4. The molecule has 5 heteroatoms. The van der Waals surface area contributed by atoms with Gasteiger partial charge in [-0.15, -0.1) is 10.2 Å². The molecule has 0 radical (unpaired) electrons. The van der Waals surface area contributed by atoms with Gasteiger partial charge in [-0.3, -0.25) is 0 Å². The second-order valence-electron chi connectivity index (χ2n) is 12.5. The van der Waals surface area contributed by atoms with Crippen molar-refractivity contribution >= 4 is 11.4 Å². The van der Waals surface area contributed by atoms with Gasteiger partial charge >= 0.3 is 0 Å². The molecule has 232 valence electrons. The maximum atomic E-state index is 5.21. The molecule has 10 rings (SSSR count). The van der Waals surface area contributed by atoms with E-state index >= 15 is 0 Å². The molecule has 0 fully saturated rings. The zero-order chi connectivity index (χ0) is 33.0. The summed E-state index contributed by atoms with van der Waals surface area (Å²) < 4.78 is 0. The monoisotopic (exact) mass is 637 g/mol. The molecule has 2 aliphatic rings. The first kappa shape index (κ1) is 28.2. The van der Waals surface area contributed by atoms with Crippen LogP contribution in [0.4, 0.5) is 11.4 Å². The van der Waals surface area contributed by atoms with E-state index in [0.29, 0.717) is 0 Å². The number of rotatable bonds is 5. The Kier molecular flexibility index (Phi) is 6.42. The first-order valence-electron chi connectivity index (χ1n) is 16.7. The smallest absolute Gasteiger partial charge is 0.106 e. The lowest BCUT2D eigenvalue weighted by Crippen LogP contribution is -2.05. The molecule has 8 aromatic rings. The van der Waals surface area contributed by atoms with E-state index in [4.69, 9.17) is 20.2 Å². The van der Waals surface area contributed by atoms with Crippen LogP contribution >= 0.6 is 0 Å². The SMILES string of the molecule is c1ccc(-c2ccccc2-c2c(-c3ccccc3)nnnc2-c2c(-c3ccccc3)ccc3c2-c2c4c(ccc2=N3)=c2ccccc2=N4)cc1. The molecule has 1 aromatic heterocycles. The minimum absolute atomic E-state index is 0.745. The molecular weight excluding hydrogens is 611 g/mol. The lowest BCUT2D eigenvalue weighted by atomic mass is 9.84. The summed E-state index contributed by atoms with van der Waals surface area (Å²) >= 11 is 0. The van der Waals surface area contributed by atoms with Crippen molar-refractivity contribution in [3.8, 4) is 67.0 Å². The van der Waals surface area contributed by atoms with Gasteiger partial charge in [0.2, 0.25) is 0 Å². The number of hydrogen-bond donors (Lipinski definition) is 0. The van der Waals surface area contributed by atoms with Gasteiger partial charge in [0.15, 0.2) is 0 Å². The Morgan fingerprint density at radius 1 is 0.320 bits per heavy atom. The fourth-order valence-corrected chi connectivity index (χ4v) is 7.47. The minimum Gasteiger partial charge on any atom is -0.248 e. The minimum atomic E-state index is 0.745. The van der Waals surface area contributed by atoms with Crippen LogP contribution < -0.4 is 10.7 Å². The Morgan fingerprint density at radius 2 is 0.940 bits per heavy atom. The van der Waals surface area contributed by atoms with Crippen LogP contribution in [0.3, 0.4) is 0 Å². The van der Waals surface area contributed by atoms with Crippen LogP contribution in [0.15, 0.2) is 174 Å². The summed E-state index contributed by atoms with van der Waals surface area (Å²) in [5, 5.41) is 18.4. The van der Waals surface area contributed by atoms with E-state index in [0.717, 1.165) is 99.5 Å². The standard InChI is InChI=1S/C45H27N5/c1-4-14-28(15-5-1)31-20-10-11-22-34(31)40-43(30-18-8-3-9-19-30)48-50-49-45(40)39-32(29-16-6-2-7-17-29)24-26-37-41(39)42-38(46-37)27-25-35-33-21-12-13-23-36(33)47-44(35)42/h1-27H. The lowest BCUT2D eigenvalue weighted by molar-refractivity contribution is 0.879. The predicted molar refractivity (Wildman–Crippen MR) is 198 cm³/mol. The normalized spacial score (nSPS) is 11.9. The van der Waals surface area contributed by atoms with Gasteiger partial charge in [-0.1, -0.05) is 140 Å². The third-order valence-electron chi connectivity index (χ3n) is 9.67. The number of aromatic nitrogens is 3. The van der Waals surface area contributed by atoms with E-state index in [9.17, 15) is 0 Å². The van der Waals surface area contributed by atoms with Crippen molar-refractivity contribution in [2.75, 3.05) is 0 Å². The van der Waals surface area contributed by atoms with E-state index < -0.39 is 0 Å². The molecule has 2 aliphatic heterocycles. The van der Waals surface area contributed by atoms with Crippen LogP contribution in [0.2, 0.25) is 0 Å². The summed E-state index contributed by atoms with van der Waals surface area (Å²) in [5.41, 5.74) is 13.5. The second-order valence-corrected chi connectivity index (χ2v) is 12.5. The fourth-order valence-electron chi connectivity index (χ4n) is 7.47. The maximum Gasteiger partial charge on any atom is 0.106 e. The molecule has 0 saturated heterocycles. The van der Waals surface area contributed by atoms with E-state index in [1.165, 1.54) is 0 Å². The lowest BCUT2D eigenvalue weighted by Gasteiger charge is -2.21. The Labute approximate surface area is 288 Å². The first-order chi connectivity index (χ1) is 24.8. The van der Waals surface area contributed by atoms with Gasteiger partial charge in [0.1, 0.15) is 11.4 Å². The van der Waals surface area contributed by atoms with Gasteiger partial charge in [0.05, 0.1) is 22.1 Å². The van der Waals surface area contributed by atoms with Crippen LogP contribution in [0.5, 0.6) is 0 Å². The van der Waals surface area contributed by atoms with Gasteiger partial charge in [-0.25, -0.2) is 9.98 Å². The Hall–Kier alpha value is -6.85. The van der Waals surface area contributed by atoms with E-state index in [-0.39, 0.29) is 0 Å². The van der Waals surface area contributed by atoms with E-state index in [2.05, 4.69) is 133 Å². The van der Waals surface area contributed by atoms with E-state index in [1.54, 1.807) is 0 Å². The molecule has 0 bridgehead atoms.